The summed E-state index contributed by atoms with van der Waals surface area (Å²) >= 11 is 3.06. The van der Waals surface area contributed by atoms with Crippen LogP contribution in [0.4, 0.5) is 5.13 Å². The Balaban J connectivity index is 2.01. The lowest BCUT2D eigenvalue weighted by atomic mass is 10.1. The van der Waals surface area contributed by atoms with Crippen LogP contribution in [0.1, 0.15) is 45.3 Å². The zero-order valence-electron chi connectivity index (χ0n) is 17.5. The van der Waals surface area contributed by atoms with Crippen molar-refractivity contribution < 1.29 is 4.79 Å². The number of hydrogen-bond donors (Lipinski definition) is 0. The molecule has 2 heterocycles. The Kier molecular flexibility index (Phi) is 6.47. The van der Waals surface area contributed by atoms with E-state index in [9.17, 15) is 4.79 Å². The average molecular weight is 417 g/mol. The number of thiazole rings is 2. The Hall–Kier alpha value is -1.83. The highest BCUT2D eigenvalue weighted by Gasteiger charge is 2.25. The number of aromatic nitrogens is 2. The van der Waals surface area contributed by atoms with E-state index in [0.717, 1.165) is 51.2 Å². The van der Waals surface area contributed by atoms with Crippen LogP contribution in [0.5, 0.6) is 0 Å². The first-order chi connectivity index (χ1) is 13.3. The fourth-order valence-corrected chi connectivity index (χ4v) is 5.43. The van der Waals surface area contributed by atoms with Crippen LogP contribution in [0.3, 0.4) is 0 Å². The summed E-state index contributed by atoms with van der Waals surface area (Å²) in [5.74, 6) is 0.00341. The van der Waals surface area contributed by atoms with Crippen molar-refractivity contribution in [2.45, 2.75) is 41.5 Å². The van der Waals surface area contributed by atoms with E-state index in [2.05, 4.69) is 49.7 Å². The maximum absolute atomic E-state index is 13.4. The molecule has 0 fully saturated rings. The van der Waals surface area contributed by atoms with Crippen molar-refractivity contribution in [2.24, 2.45) is 0 Å². The van der Waals surface area contributed by atoms with Crippen molar-refractivity contribution in [3.05, 3.63) is 38.8 Å². The molecule has 0 aliphatic carbocycles. The highest BCUT2D eigenvalue weighted by atomic mass is 32.1. The molecule has 0 aliphatic rings. The second-order valence-electron chi connectivity index (χ2n) is 7.06. The summed E-state index contributed by atoms with van der Waals surface area (Å²) in [6, 6.07) is 4.29. The second-order valence-corrected chi connectivity index (χ2v) is 9.27. The molecule has 0 N–H and O–H groups in total. The number of amides is 1. The van der Waals surface area contributed by atoms with E-state index in [0.29, 0.717) is 11.4 Å². The Morgan fingerprint density at radius 3 is 2.32 bits per heavy atom. The number of anilines is 1. The van der Waals surface area contributed by atoms with E-state index >= 15 is 0 Å². The van der Waals surface area contributed by atoms with Crippen LogP contribution in [-0.2, 0) is 0 Å². The van der Waals surface area contributed by atoms with E-state index in [-0.39, 0.29) is 5.91 Å². The molecule has 0 unspecified atom stereocenters. The van der Waals surface area contributed by atoms with Gasteiger partial charge in [0.1, 0.15) is 4.88 Å². The third kappa shape index (κ3) is 4.26. The molecule has 0 spiro atoms. The Morgan fingerprint density at radius 2 is 1.71 bits per heavy atom. The molecule has 2 aromatic heterocycles. The first-order valence-corrected chi connectivity index (χ1v) is 11.3. The van der Waals surface area contributed by atoms with E-state index < -0.39 is 0 Å². The summed E-state index contributed by atoms with van der Waals surface area (Å²) in [7, 11) is 0. The SMILES string of the molecule is CCN(CC)CCN(C(=O)c1sc(C)nc1C)c1nc2c(C)cc(C)cc2s1. The minimum atomic E-state index is 0.00341. The van der Waals surface area contributed by atoms with Gasteiger partial charge < -0.3 is 4.90 Å². The van der Waals surface area contributed by atoms with Gasteiger partial charge in [0, 0.05) is 13.1 Å². The summed E-state index contributed by atoms with van der Waals surface area (Å²) in [5, 5.41) is 1.69. The number of benzene rings is 1. The van der Waals surface area contributed by atoms with E-state index in [4.69, 9.17) is 4.98 Å². The summed E-state index contributed by atoms with van der Waals surface area (Å²) in [6.07, 6.45) is 0. The maximum Gasteiger partial charge on any atom is 0.272 e. The normalized spacial score (nSPS) is 11.5. The van der Waals surface area contributed by atoms with Crippen LogP contribution in [0.25, 0.3) is 10.2 Å². The number of carbonyl (C=O) groups is 1. The molecule has 1 aromatic carbocycles. The van der Waals surface area contributed by atoms with E-state index in [1.807, 2.05) is 18.7 Å². The Bertz CT molecular complexity index is 988. The first-order valence-electron chi connectivity index (χ1n) is 9.70. The molecule has 0 aliphatic heterocycles. The maximum atomic E-state index is 13.4. The van der Waals surface area contributed by atoms with Crippen LogP contribution in [0.2, 0.25) is 0 Å². The molecular formula is C21H28N4OS2. The smallest absolute Gasteiger partial charge is 0.272 e. The van der Waals surface area contributed by atoms with Crippen molar-refractivity contribution in [1.82, 2.24) is 14.9 Å². The minimum absolute atomic E-state index is 0.00341. The Morgan fingerprint density at radius 1 is 1.00 bits per heavy atom. The molecular weight excluding hydrogens is 388 g/mol. The molecule has 0 bridgehead atoms. The van der Waals surface area contributed by atoms with Gasteiger partial charge in [-0.3, -0.25) is 9.69 Å². The van der Waals surface area contributed by atoms with Gasteiger partial charge in [-0.1, -0.05) is 31.3 Å². The van der Waals surface area contributed by atoms with Gasteiger partial charge in [-0.05, 0) is 58.0 Å². The van der Waals surface area contributed by atoms with Gasteiger partial charge in [-0.15, -0.1) is 11.3 Å². The van der Waals surface area contributed by atoms with Crippen LogP contribution in [0, 0.1) is 27.7 Å². The van der Waals surface area contributed by atoms with Crippen molar-refractivity contribution in [3.8, 4) is 0 Å². The Labute approximate surface area is 175 Å². The van der Waals surface area contributed by atoms with Crippen molar-refractivity contribution in [3.63, 3.8) is 0 Å². The molecule has 3 aromatic rings. The zero-order chi connectivity index (χ0) is 20.4. The lowest BCUT2D eigenvalue weighted by molar-refractivity contribution is 0.0987. The molecule has 7 heteroatoms. The van der Waals surface area contributed by atoms with Gasteiger partial charge in [0.25, 0.3) is 5.91 Å². The number of rotatable bonds is 7. The molecule has 0 atom stereocenters. The number of carbonyl (C=O) groups excluding carboxylic acids is 1. The van der Waals surface area contributed by atoms with Crippen LogP contribution >= 0.6 is 22.7 Å². The summed E-state index contributed by atoms with van der Waals surface area (Å²) in [5.41, 5.74) is 4.16. The minimum Gasteiger partial charge on any atom is -0.302 e. The molecule has 1 amide bonds. The van der Waals surface area contributed by atoms with Crippen molar-refractivity contribution in [2.75, 3.05) is 31.1 Å². The van der Waals surface area contributed by atoms with Crippen molar-refractivity contribution in [1.29, 1.82) is 0 Å². The number of aryl methyl sites for hydroxylation is 4. The van der Waals surface area contributed by atoms with Gasteiger partial charge in [-0.25, -0.2) is 9.97 Å². The number of likely N-dealkylation sites (N-methyl/N-ethyl adjacent to an activating group) is 1. The molecule has 0 saturated carbocycles. The summed E-state index contributed by atoms with van der Waals surface area (Å²) in [4.78, 5) is 27.6. The number of fused-ring (bicyclic) bond motifs is 1. The standard InChI is InChI=1S/C21H28N4OS2/c1-7-24(8-2)9-10-25(20(26)19-15(5)22-16(6)27-19)21-23-18-14(4)11-13(3)12-17(18)28-21/h11-12H,7-10H2,1-6H3. The lowest BCUT2D eigenvalue weighted by Gasteiger charge is -2.24. The second kappa shape index (κ2) is 8.68. The zero-order valence-corrected chi connectivity index (χ0v) is 19.1. The average Bonchev–Trinajstić information content (AvgIpc) is 3.21. The van der Waals surface area contributed by atoms with Gasteiger partial charge in [0.15, 0.2) is 5.13 Å². The van der Waals surface area contributed by atoms with E-state index in [1.54, 1.807) is 11.3 Å². The molecule has 0 radical (unpaired) electrons. The third-order valence-corrected chi connectivity index (χ3v) is 7.01. The lowest BCUT2D eigenvalue weighted by Crippen LogP contribution is -2.38. The highest BCUT2D eigenvalue weighted by Crippen LogP contribution is 2.33. The largest absolute Gasteiger partial charge is 0.302 e. The van der Waals surface area contributed by atoms with Crippen LogP contribution in [0.15, 0.2) is 12.1 Å². The van der Waals surface area contributed by atoms with Crippen LogP contribution < -0.4 is 4.90 Å². The fraction of sp³-hybridized carbons (Fsp3) is 0.476. The van der Waals surface area contributed by atoms with Gasteiger partial charge >= 0.3 is 0 Å². The topological polar surface area (TPSA) is 49.3 Å². The molecule has 5 nitrogen and oxygen atoms in total. The van der Waals surface area contributed by atoms with Gasteiger partial charge in [-0.2, -0.15) is 0 Å². The fourth-order valence-electron chi connectivity index (χ4n) is 3.39. The van der Waals surface area contributed by atoms with Gasteiger partial charge in [0.05, 0.1) is 20.9 Å². The molecule has 3 rings (SSSR count). The predicted octanol–water partition coefficient (Wildman–Crippen LogP) is 4.98. The number of hydrogen-bond acceptors (Lipinski definition) is 6. The summed E-state index contributed by atoms with van der Waals surface area (Å²) < 4.78 is 1.13. The highest BCUT2D eigenvalue weighted by molar-refractivity contribution is 7.22. The first kappa shape index (κ1) is 20.9. The predicted molar refractivity (Wildman–Crippen MR) is 120 cm³/mol. The molecule has 28 heavy (non-hydrogen) atoms. The van der Waals surface area contributed by atoms with E-state index in [1.165, 1.54) is 16.9 Å². The third-order valence-electron chi connectivity index (χ3n) is 4.93. The molecule has 0 saturated heterocycles. The number of nitrogens with zero attached hydrogens (tertiary/aromatic N) is 4. The quantitative estimate of drug-likeness (QED) is 0.545. The van der Waals surface area contributed by atoms with Gasteiger partial charge in [0.2, 0.25) is 0 Å². The summed E-state index contributed by atoms with van der Waals surface area (Å²) in [6.45, 7) is 15.7. The van der Waals surface area contributed by atoms with Crippen LogP contribution in [-0.4, -0.2) is 47.0 Å². The monoisotopic (exact) mass is 416 g/mol. The molecule has 150 valence electrons. The van der Waals surface area contributed by atoms with Crippen molar-refractivity contribution >= 4 is 43.9 Å².